The van der Waals surface area contributed by atoms with Crippen molar-refractivity contribution in [3.05, 3.63) is 180 Å². The smallest absolute Gasteiger partial charge is 0.160 e. The molecule has 0 fully saturated rings. The van der Waals surface area contributed by atoms with Crippen LogP contribution in [0.4, 0.5) is 0 Å². The second-order valence-corrected chi connectivity index (χ2v) is 12.2. The minimum Gasteiger partial charge on any atom is -0.456 e. The molecule has 0 radical (unpaired) electrons. The van der Waals surface area contributed by atoms with Gasteiger partial charge in [-0.25, -0.2) is 9.98 Å². The Kier molecular flexibility index (Phi) is 6.72. The number of hydrogen-bond acceptors (Lipinski definition) is 4. The van der Waals surface area contributed by atoms with Gasteiger partial charge in [-0.05, 0) is 51.2 Å². The first kappa shape index (κ1) is 28.0. The predicted molar refractivity (Wildman–Crippen MR) is 199 cm³/mol. The number of amidine groups is 2. The molecule has 1 atom stereocenters. The molecule has 0 bridgehead atoms. The number of nitrogens with zero attached hydrogens (tertiary/aromatic N) is 3. The summed E-state index contributed by atoms with van der Waals surface area (Å²) < 4.78 is 6.44. The number of hydrogen-bond donors (Lipinski definition) is 0. The van der Waals surface area contributed by atoms with E-state index in [1.165, 1.54) is 21.9 Å². The van der Waals surface area contributed by atoms with Crippen molar-refractivity contribution in [3.63, 3.8) is 0 Å². The molecule has 1 aliphatic rings. The standard InChI is InChI=1S/C44H31N3O/c1-47-43(33-16-6-3-7-17-33)45-42(46-44(47)36-21-12-18-31-15-8-9-19-34(31)36)41-35(27-28-39-40(41)37-20-10-11-22-38(37)48-39)32-25-23-30(24-26-32)29-13-4-2-5-14-29/h2-28,44H,1H3. The van der Waals surface area contributed by atoms with Crippen molar-refractivity contribution in [3.8, 4) is 22.3 Å². The zero-order valence-electron chi connectivity index (χ0n) is 26.4. The number of fused-ring (bicyclic) bond motifs is 4. The summed E-state index contributed by atoms with van der Waals surface area (Å²) >= 11 is 0. The predicted octanol–water partition coefficient (Wildman–Crippen LogP) is 10.9. The average Bonchev–Trinajstić information content (AvgIpc) is 3.54. The molecule has 4 heteroatoms. The van der Waals surface area contributed by atoms with Crippen molar-refractivity contribution in [1.29, 1.82) is 0 Å². The third-order valence-electron chi connectivity index (χ3n) is 9.36. The van der Waals surface area contributed by atoms with Crippen molar-refractivity contribution in [2.45, 2.75) is 6.17 Å². The fourth-order valence-electron chi connectivity index (χ4n) is 7.02. The van der Waals surface area contributed by atoms with Gasteiger partial charge in [0.05, 0.1) is 0 Å². The molecule has 0 saturated carbocycles. The Morgan fingerprint density at radius 1 is 0.521 bits per heavy atom. The molecular formula is C44H31N3O. The van der Waals surface area contributed by atoms with Gasteiger partial charge in [-0.3, -0.25) is 0 Å². The van der Waals surface area contributed by atoms with Crippen LogP contribution in [0, 0.1) is 0 Å². The summed E-state index contributed by atoms with van der Waals surface area (Å²) in [5.74, 6) is 1.55. The van der Waals surface area contributed by atoms with Crippen LogP contribution in [0.3, 0.4) is 0 Å². The monoisotopic (exact) mass is 617 g/mol. The van der Waals surface area contributed by atoms with E-state index in [1.807, 2.05) is 24.3 Å². The lowest BCUT2D eigenvalue weighted by atomic mass is 9.92. The fourth-order valence-corrected chi connectivity index (χ4v) is 7.02. The molecule has 0 aliphatic carbocycles. The maximum absolute atomic E-state index is 6.44. The first-order valence-corrected chi connectivity index (χ1v) is 16.3. The minimum absolute atomic E-state index is 0.305. The van der Waals surface area contributed by atoms with Crippen LogP contribution in [-0.2, 0) is 0 Å². The number of para-hydroxylation sites is 1. The Hall–Kier alpha value is -6.26. The van der Waals surface area contributed by atoms with E-state index in [0.29, 0.717) is 5.84 Å². The highest BCUT2D eigenvalue weighted by Crippen LogP contribution is 2.41. The van der Waals surface area contributed by atoms with Crippen molar-refractivity contribution in [1.82, 2.24) is 4.90 Å². The Balaban J connectivity index is 1.32. The van der Waals surface area contributed by atoms with Gasteiger partial charge in [0.2, 0.25) is 0 Å². The molecule has 9 rings (SSSR count). The molecule has 0 spiro atoms. The van der Waals surface area contributed by atoms with E-state index in [2.05, 4.69) is 151 Å². The van der Waals surface area contributed by atoms with Crippen LogP contribution < -0.4 is 0 Å². The van der Waals surface area contributed by atoms with Crippen LogP contribution in [0.5, 0.6) is 0 Å². The lowest BCUT2D eigenvalue weighted by molar-refractivity contribution is 0.385. The molecule has 0 amide bonds. The molecule has 0 N–H and O–H groups in total. The number of furan rings is 1. The number of benzene rings is 7. The maximum Gasteiger partial charge on any atom is 0.160 e. The molecule has 2 heterocycles. The average molecular weight is 618 g/mol. The van der Waals surface area contributed by atoms with Crippen LogP contribution >= 0.6 is 0 Å². The first-order chi connectivity index (χ1) is 23.7. The topological polar surface area (TPSA) is 41.1 Å². The molecule has 7 aromatic carbocycles. The maximum atomic E-state index is 6.44. The van der Waals surface area contributed by atoms with E-state index in [0.717, 1.165) is 55.6 Å². The summed E-state index contributed by atoms with van der Waals surface area (Å²) in [4.78, 5) is 13.1. The third kappa shape index (κ3) is 4.69. The quantitative estimate of drug-likeness (QED) is 0.193. The molecule has 1 aliphatic heterocycles. The fraction of sp³-hybridized carbons (Fsp3) is 0.0455. The van der Waals surface area contributed by atoms with Gasteiger partial charge in [0, 0.05) is 34.5 Å². The molecule has 228 valence electrons. The lowest BCUT2D eigenvalue weighted by Gasteiger charge is -2.33. The van der Waals surface area contributed by atoms with Gasteiger partial charge in [-0.1, -0.05) is 146 Å². The van der Waals surface area contributed by atoms with Gasteiger partial charge < -0.3 is 9.32 Å². The summed E-state index contributed by atoms with van der Waals surface area (Å²) in [6, 6.07) is 57.2. The highest BCUT2D eigenvalue weighted by atomic mass is 16.3. The van der Waals surface area contributed by atoms with Crippen LogP contribution in [-0.4, -0.2) is 23.6 Å². The van der Waals surface area contributed by atoms with E-state index in [9.17, 15) is 0 Å². The Morgan fingerprint density at radius 3 is 1.94 bits per heavy atom. The van der Waals surface area contributed by atoms with Crippen molar-refractivity contribution >= 4 is 44.4 Å². The SMILES string of the molecule is CN1C(c2ccccc2)=NC(c2c(-c3ccc(-c4ccccc4)cc3)ccc3oc4ccccc4c23)=NC1c1cccc2ccccc12. The Morgan fingerprint density at radius 2 is 1.15 bits per heavy atom. The van der Waals surface area contributed by atoms with E-state index in [1.54, 1.807) is 0 Å². The van der Waals surface area contributed by atoms with Crippen LogP contribution in [0.15, 0.2) is 178 Å². The second-order valence-electron chi connectivity index (χ2n) is 12.2. The molecule has 1 aromatic heterocycles. The summed E-state index contributed by atoms with van der Waals surface area (Å²) in [6.07, 6.45) is -0.305. The minimum atomic E-state index is -0.305. The van der Waals surface area contributed by atoms with Crippen molar-refractivity contribution in [2.24, 2.45) is 9.98 Å². The van der Waals surface area contributed by atoms with E-state index in [4.69, 9.17) is 14.4 Å². The van der Waals surface area contributed by atoms with Crippen LogP contribution in [0.25, 0.3) is 55.0 Å². The van der Waals surface area contributed by atoms with Gasteiger partial charge in [-0.15, -0.1) is 0 Å². The van der Waals surface area contributed by atoms with Gasteiger partial charge >= 0.3 is 0 Å². The van der Waals surface area contributed by atoms with Crippen LogP contribution in [0.2, 0.25) is 0 Å². The summed E-state index contributed by atoms with van der Waals surface area (Å²) in [6.45, 7) is 0. The van der Waals surface area contributed by atoms with Crippen molar-refractivity contribution in [2.75, 3.05) is 7.05 Å². The zero-order valence-corrected chi connectivity index (χ0v) is 26.4. The van der Waals surface area contributed by atoms with E-state index in [-0.39, 0.29) is 6.17 Å². The normalized spacial score (nSPS) is 14.8. The Bertz CT molecular complexity index is 2510. The summed E-state index contributed by atoms with van der Waals surface area (Å²) in [5, 5.41) is 4.43. The highest BCUT2D eigenvalue weighted by Gasteiger charge is 2.30. The molecule has 48 heavy (non-hydrogen) atoms. The molecule has 8 aromatic rings. The Labute approximate surface area is 279 Å². The second kappa shape index (κ2) is 11.5. The van der Waals surface area contributed by atoms with Gasteiger partial charge in [0.15, 0.2) is 12.0 Å². The van der Waals surface area contributed by atoms with Crippen LogP contribution in [0.1, 0.15) is 22.9 Å². The first-order valence-electron chi connectivity index (χ1n) is 16.3. The molecule has 4 nitrogen and oxygen atoms in total. The highest BCUT2D eigenvalue weighted by molar-refractivity contribution is 6.24. The molecular weight excluding hydrogens is 587 g/mol. The van der Waals surface area contributed by atoms with Gasteiger partial charge in [-0.2, -0.15) is 0 Å². The number of rotatable bonds is 5. The zero-order chi connectivity index (χ0) is 32.0. The summed E-state index contributed by atoms with van der Waals surface area (Å²) in [7, 11) is 2.09. The third-order valence-corrected chi connectivity index (χ3v) is 9.36. The van der Waals surface area contributed by atoms with Gasteiger partial charge in [0.25, 0.3) is 0 Å². The molecule has 0 saturated heterocycles. The largest absolute Gasteiger partial charge is 0.456 e. The van der Waals surface area contributed by atoms with Gasteiger partial charge in [0.1, 0.15) is 17.0 Å². The molecule has 1 unspecified atom stereocenters. The van der Waals surface area contributed by atoms with Crippen molar-refractivity contribution < 1.29 is 4.42 Å². The van der Waals surface area contributed by atoms with E-state index < -0.39 is 0 Å². The number of aliphatic imine (C=N–C) groups is 2. The van der Waals surface area contributed by atoms with E-state index >= 15 is 0 Å². The lowest BCUT2D eigenvalue weighted by Crippen LogP contribution is -2.35. The summed E-state index contributed by atoms with van der Waals surface area (Å²) in [5.41, 5.74) is 9.32.